The van der Waals surface area contributed by atoms with E-state index in [1.807, 2.05) is 6.07 Å². The lowest BCUT2D eigenvalue weighted by Gasteiger charge is -2.21. The van der Waals surface area contributed by atoms with Crippen molar-refractivity contribution in [2.24, 2.45) is 0 Å². The Morgan fingerprint density at radius 2 is 1.76 bits per heavy atom. The number of ether oxygens (including phenoxy) is 3. The van der Waals surface area contributed by atoms with Gasteiger partial charge in [0.25, 0.3) is 5.91 Å². The Hall–Kier alpha value is -3.08. The number of carbonyl (C=O) groups excluding carboxylic acids is 3. The van der Waals surface area contributed by atoms with Crippen LogP contribution in [-0.2, 0) is 30.4 Å². The molecule has 2 rings (SSSR count). The van der Waals surface area contributed by atoms with Crippen molar-refractivity contribution in [1.29, 1.82) is 5.26 Å². The number of hydrogen-bond donors (Lipinski definition) is 0. The van der Waals surface area contributed by atoms with E-state index >= 15 is 0 Å². The number of benzene rings is 1. The quantitative estimate of drug-likeness (QED) is 0.726. The van der Waals surface area contributed by atoms with Crippen LogP contribution in [0.3, 0.4) is 0 Å². The minimum absolute atomic E-state index is 0.108. The van der Waals surface area contributed by atoms with Crippen LogP contribution in [0, 0.1) is 11.3 Å². The van der Waals surface area contributed by atoms with Gasteiger partial charge in [-0.3, -0.25) is 14.4 Å². The monoisotopic (exact) mass is 346 g/mol. The number of carbonyl (C=O) groups is 3. The number of methoxy groups -OCH3 is 1. The Morgan fingerprint density at radius 3 is 2.24 bits per heavy atom. The first kappa shape index (κ1) is 18.3. The first-order valence-corrected chi connectivity index (χ1v) is 7.54. The first-order valence-electron chi connectivity index (χ1n) is 7.54. The standard InChI is InChI=1S/C17H18N2O6/c1-10(20)24-15-14(8-18)19(17(22)16(15)25-11(2)21)9-12-4-6-13(23-3)7-5-12/h4-7,14-16H,9H2,1-3H3/t14-,15-,16+/m1/s1. The second-order valence-corrected chi connectivity index (χ2v) is 5.49. The van der Waals surface area contributed by atoms with Gasteiger partial charge in [-0.2, -0.15) is 5.26 Å². The van der Waals surface area contributed by atoms with E-state index in [0.29, 0.717) is 5.75 Å². The average Bonchev–Trinajstić information content (AvgIpc) is 2.79. The Bertz CT molecular complexity index is 709. The second-order valence-electron chi connectivity index (χ2n) is 5.49. The van der Waals surface area contributed by atoms with E-state index < -0.39 is 36.1 Å². The van der Waals surface area contributed by atoms with Crippen LogP contribution in [0.1, 0.15) is 19.4 Å². The van der Waals surface area contributed by atoms with Gasteiger partial charge < -0.3 is 19.1 Å². The summed E-state index contributed by atoms with van der Waals surface area (Å²) >= 11 is 0. The van der Waals surface area contributed by atoms with Crippen LogP contribution in [0.2, 0.25) is 0 Å². The second kappa shape index (κ2) is 7.66. The van der Waals surface area contributed by atoms with Crippen molar-refractivity contribution in [3.05, 3.63) is 29.8 Å². The number of likely N-dealkylation sites (tertiary alicyclic amines) is 1. The molecule has 0 N–H and O–H groups in total. The van der Waals surface area contributed by atoms with Crippen LogP contribution in [0.25, 0.3) is 0 Å². The molecule has 1 aliphatic heterocycles. The van der Waals surface area contributed by atoms with Crippen LogP contribution in [0.5, 0.6) is 5.75 Å². The van der Waals surface area contributed by atoms with Gasteiger partial charge >= 0.3 is 11.9 Å². The predicted octanol–water partition coefficient (Wildman–Crippen LogP) is 0.793. The molecule has 25 heavy (non-hydrogen) atoms. The molecule has 1 amide bonds. The molecule has 1 aromatic rings. The van der Waals surface area contributed by atoms with Crippen LogP contribution in [0.4, 0.5) is 0 Å². The minimum Gasteiger partial charge on any atom is -0.497 e. The van der Waals surface area contributed by atoms with Crippen LogP contribution in [-0.4, -0.2) is 48.1 Å². The zero-order valence-corrected chi connectivity index (χ0v) is 14.1. The van der Waals surface area contributed by atoms with E-state index in [4.69, 9.17) is 14.2 Å². The van der Waals surface area contributed by atoms with Gasteiger partial charge in [-0.1, -0.05) is 12.1 Å². The predicted molar refractivity (Wildman–Crippen MR) is 84.1 cm³/mol. The van der Waals surface area contributed by atoms with Crippen LogP contribution in [0.15, 0.2) is 24.3 Å². The number of nitrogens with zero attached hydrogens (tertiary/aromatic N) is 2. The summed E-state index contributed by atoms with van der Waals surface area (Å²) in [5, 5.41) is 9.45. The fourth-order valence-electron chi connectivity index (χ4n) is 2.65. The van der Waals surface area contributed by atoms with Gasteiger partial charge in [0, 0.05) is 20.4 Å². The zero-order chi connectivity index (χ0) is 18.6. The van der Waals surface area contributed by atoms with E-state index in [-0.39, 0.29) is 6.54 Å². The number of rotatable bonds is 5. The summed E-state index contributed by atoms with van der Waals surface area (Å²) in [6, 6.07) is 7.86. The van der Waals surface area contributed by atoms with Crippen molar-refractivity contribution < 1.29 is 28.6 Å². The molecule has 3 atom stereocenters. The maximum Gasteiger partial charge on any atom is 0.303 e. The molecule has 0 spiro atoms. The third kappa shape index (κ3) is 4.07. The highest BCUT2D eigenvalue weighted by Gasteiger charge is 2.52. The summed E-state index contributed by atoms with van der Waals surface area (Å²) in [6.07, 6.45) is -2.50. The molecule has 8 nitrogen and oxygen atoms in total. The minimum atomic E-state index is -1.33. The highest BCUT2D eigenvalue weighted by atomic mass is 16.6. The van der Waals surface area contributed by atoms with Gasteiger partial charge in [0.05, 0.1) is 13.2 Å². The van der Waals surface area contributed by atoms with Gasteiger partial charge in [-0.05, 0) is 17.7 Å². The van der Waals surface area contributed by atoms with Crippen LogP contribution < -0.4 is 4.74 Å². The van der Waals surface area contributed by atoms with Crippen molar-refractivity contribution in [3.8, 4) is 11.8 Å². The lowest BCUT2D eigenvalue weighted by molar-refractivity contribution is -0.165. The molecule has 0 aromatic heterocycles. The largest absolute Gasteiger partial charge is 0.497 e. The molecule has 0 unspecified atom stereocenters. The molecule has 1 aromatic carbocycles. The van der Waals surface area contributed by atoms with E-state index in [0.717, 1.165) is 19.4 Å². The molecular weight excluding hydrogens is 328 g/mol. The molecule has 0 aliphatic carbocycles. The zero-order valence-electron chi connectivity index (χ0n) is 14.1. The number of nitriles is 1. The average molecular weight is 346 g/mol. The molecule has 1 heterocycles. The Morgan fingerprint density at radius 1 is 1.16 bits per heavy atom. The Kier molecular flexibility index (Phi) is 5.60. The third-order valence-corrected chi connectivity index (χ3v) is 3.71. The number of amides is 1. The van der Waals surface area contributed by atoms with Gasteiger partial charge in [-0.25, -0.2) is 0 Å². The molecule has 0 radical (unpaired) electrons. The van der Waals surface area contributed by atoms with Crippen molar-refractivity contribution in [2.75, 3.05) is 7.11 Å². The summed E-state index contributed by atoms with van der Waals surface area (Å²) in [4.78, 5) is 36.4. The lowest BCUT2D eigenvalue weighted by atomic mass is 10.1. The first-order chi connectivity index (χ1) is 11.9. The molecule has 132 valence electrons. The third-order valence-electron chi connectivity index (χ3n) is 3.71. The van der Waals surface area contributed by atoms with Crippen molar-refractivity contribution in [2.45, 2.75) is 38.6 Å². The summed E-state index contributed by atoms with van der Waals surface area (Å²) in [6.45, 7) is 2.41. The Balaban J connectivity index is 2.28. The molecule has 0 saturated carbocycles. The van der Waals surface area contributed by atoms with Gasteiger partial charge in [0.15, 0.2) is 12.1 Å². The summed E-state index contributed by atoms with van der Waals surface area (Å²) in [5.74, 6) is -1.28. The summed E-state index contributed by atoms with van der Waals surface area (Å²) in [7, 11) is 1.54. The molecule has 0 bridgehead atoms. The van der Waals surface area contributed by atoms with E-state index in [1.54, 1.807) is 24.3 Å². The maximum atomic E-state index is 12.6. The van der Waals surface area contributed by atoms with Gasteiger partial charge in [-0.15, -0.1) is 0 Å². The number of esters is 2. The smallest absolute Gasteiger partial charge is 0.303 e. The molecule has 1 aliphatic rings. The molecule has 1 fully saturated rings. The summed E-state index contributed by atoms with van der Waals surface area (Å²) < 4.78 is 15.2. The summed E-state index contributed by atoms with van der Waals surface area (Å²) in [5.41, 5.74) is 0.749. The van der Waals surface area contributed by atoms with Gasteiger partial charge in [0.2, 0.25) is 6.10 Å². The van der Waals surface area contributed by atoms with E-state index in [9.17, 15) is 19.6 Å². The number of hydrogen-bond acceptors (Lipinski definition) is 7. The fraction of sp³-hybridized carbons (Fsp3) is 0.412. The van der Waals surface area contributed by atoms with Crippen LogP contribution >= 0.6 is 0 Å². The highest BCUT2D eigenvalue weighted by Crippen LogP contribution is 2.27. The van der Waals surface area contributed by atoms with E-state index in [2.05, 4.69) is 0 Å². The topological polar surface area (TPSA) is 106 Å². The normalized spacial score (nSPS) is 22.2. The Labute approximate surface area is 144 Å². The maximum absolute atomic E-state index is 12.6. The lowest BCUT2D eigenvalue weighted by Crippen LogP contribution is -2.38. The SMILES string of the molecule is COc1ccc(CN2C(=O)[C@@H](OC(C)=O)[C@H](OC(C)=O)[C@H]2C#N)cc1. The van der Waals surface area contributed by atoms with Crippen molar-refractivity contribution >= 4 is 17.8 Å². The van der Waals surface area contributed by atoms with Crippen molar-refractivity contribution in [3.63, 3.8) is 0 Å². The fourth-order valence-corrected chi connectivity index (χ4v) is 2.65. The molecule has 1 saturated heterocycles. The van der Waals surface area contributed by atoms with E-state index in [1.165, 1.54) is 12.0 Å². The highest BCUT2D eigenvalue weighted by molar-refractivity contribution is 5.88. The molecular formula is C17H18N2O6. The van der Waals surface area contributed by atoms with Crippen molar-refractivity contribution in [1.82, 2.24) is 4.90 Å². The molecule has 8 heteroatoms. The van der Waals surface area contributed by atoms with Gasteiger partial charge in [0.1, 0.15) is 5.75 Å².